The molecule has 1 saturated carbocycles. The second-order valence-corrected chi connectivity index (χ2v) is 6.83. The van der Waals surface area contributed by atoms with Crippen LogP contribution in [0.4, 0.5) is 0 Å². The number of nitrogens with one attached hydrogen (secondary N) is 1. The van der Waals surface area contributed by atoms with Gasteiger partial charge in [0.2, 0.25) is 0 Å². The van der Waals surface area contributed by atoms with Gasteiger partial charge in [-0.3, -0.25) is 0 Å². The van der Waals surface area contributed by atoms with E-state index in [4.69, 9.17) is 14.2 Å². The van der Waals surface area contributed by atoms with Crippen molar-refractivity contribution in [2.45, 2.75) is 38.3 Å². The first kappa shape index (κ1) is 18.7. The Bertz CT molecular complexity index is 673. The topological polar surface area (TPSA) is 39.7 Å². The first-order valence-corrected chi connectivity index (χ1v) is 9.33. The molecule has 140 valence electrons. The van der Waals surface area contributed by atoms with E-state index in [0.29, 0.717) is 19.1 Å². The number of ether oxygens (including phenoxy) is 3. The molecule has 1 aliphatic rings. The molecule has 26 heavy (non-hydrogen) atoms. The van der Waals surface area contributed by atoms with Gasteiger partial charge in [-0.2, -0.15) is 0 Å². The molecule has 1 N–H and O–H groups in total. The number of hydrogen-bond acceptors (Lipinski definition) is 4. The van der Waals surface area contributed by atoms with Crippen LogP contribution in [0.15, 0.2) is 42.5 Å². The van der Waals surface area contributed by atoms with E-state index in [0.717, 1.165) is 18.0 Å². The minimum Gasteiger partial charge on any atom is -0.496 e. The fourth-order valence-electron chi connectivity index (χ4n) is 3.21. The summed E-state index contributed by atoms with van der Waals surface area (Å²) in [6, 6.07) is 14.7. The molecule has 0 spiro atoms. The van der Waals surface area contributed by atoms with Crippen LogP contribution in [0.3, 0.4) is 0 Å². The van der Waals surface area contributed by atoms with Crippen molar-refractivity contribution in [3.8, 4) is 11.5 Å². The van der Waals surface area contributed by atoms with Crippen molar-refractivity contribution < 1.29 is 14.2 Å². The van der Waals surface area contributed by atoms with Crippen LogP contribution in [0.5, 0.6) is 11.5 Å². The van der Waals surface area contributed by atoms with Gasteiger partial charge >= 0.3 is 0 Å². The third-order valence-electron chi connectivity index (χ3n) is 4.86. The first-order valence-electron chi connectivity index (χ1n) is 9.33. The Hall–Kier alpha value is -2.04. The van der Waals surface area contributed by atoms with Crippen molar-refractivity contribution >= 4 is 0 Å². The van der Waals surface area contributed by atoms with Crippen molar-refractivity contribution in [2.24, 2.45) is 0 Å². The molecule has 0 radical (unpaired) electrons. The van der Waals surface area contributed by atoms with Gasteiger partial charge < -0.3 is 19.5 Å². The summed E-state index contributed by atoms with van der Waals surface area (Å²) in [6.07, 6.45) is 2.44. The molecule has 1 aliphatic carbocycles. The molecule has 0 unspecified atom stereocenters. The standard InChI is InChI=1S/C22H29NO3/c1-16(23-11-12-26-15-17-7-5-4-6-8-17)19-13-20(24-2)22(18-9-10-18)21(14-19)25-3/h4-8,13-14,16,18,23H,9-12,15H2,1-3H3/t16-/m1/s1. The summed E-state index contributed by atoms with van der Waals surface area (Å²) in [4.78, 5) is 0. The average Bonchev–Trinajstić information content (AvgIpc) is 3.52. The summed E-state index contributed by atoms with van der Waals surface area (Å²) < 4.78 is 17.0. The molecule has 4 heteroatoms. The van der Waals surface area contributed by atoms with Crippen LogP contribution in [0.1, 0.15) is 48.4 Å². The van der Waals surface area contributed by atoms with E-state index in [1.807, 2.05) is 18.2 Å². The highest BCUT2D eigenvalue weighted by Gasteiger charge is 2.31. The molecule has 0 aliphatic heterocycles. The summed E-state index contributed by atoms with van der Waals surface area (Å²) in [5.41, 5.74) is 3.59. The van der Waals surface area contributed by atoms with Crippen LogP contribution in [-0.4, -0.2) is 27.4 Å². The van der Waals surface area contributed by atoms with E-state index in [1.165, 1.54) is 29.5 Å². The van der Waals surface area contributed by atoms with Crippen LogP contribution >= 0.6 is 0 Å². The Morgan fingerprint density at radius 3 is 2.27 bits per heavy atom. The Balaban J connectivity index is 1.53. The Morgan fingerprint density at radius 2 is 1.69 bits per heavy atom. The van der Waals surface area contributed by atoms with Crippen molar-refractivity contribution in [3.05, 3.63) is 59.2 Å². The maximum absolute atomic E-state index is 5.74. The van der Waals surface area contributed by atoms with Gasteiger partial charge in [-0.15, -0.1) is 0 Å². The van der Waals surface area contributed by atoms with Crippen LogP contribution < -0.4 is 14.8 Å². The average molecular weight is 355 g/mol. The second-order valence-electron chi connectivity index (χ2n) is 6.83. The van der Waals surface area contributed by atoms with Gasteiger partial charge in [0.1, 0.15) is 11.5 Å². The maximum atomic E-state index is 5.74. The molecular weight excluding hydrogens is 326 g/mol. The second kappa shape index (κ2) is 9.06. The third kappa shape index (κ3) is 4.77. The van der Waals surface area contributed by atoms with E-state index >= 15 is 0 Å². The Labute approximate surface area is 156 Å². The summed E-state index contributed by atoms with van der Waals surface area (Å²) >= 11 is 0. The molecule has 2 aromatic rings. The quantitative estimate of drug-likeness (QED) is 0.639. The minimum atomic E-state index is 0.200. The lowest BCUT2D eigenvalue weighted by atomic mass is 10.0. The molecule has 0 saturated heterocycles. The van der Waals surface area contributed by atoms with Gasteiger partial charge in [0, 0.05) is 18.2 Å². The lowest BCUT2D eigenvalue weighted by Gasteiger charge is -2.19. The highest BCUT2D eigenvalue weighted by molar-refractivity contribution is 5.52. The molecule has 1 fully saturated rings. The van der Waals surface area contributed by atoms with E-state index in [9.17, 15) is 0 Å². The zero-order chi connectivity index (χ0) is 18.4. The van der Waals surface area contributed by atoms with Crippen LogP contribution in [0.2, 0.25) is 0 Å². The molecule has 0 aromatic heterocycles. The highest BCUT2D eigenvalue weighted by atomic mass is 16.5. The van der Waals surface area contributed by atoms with E-state index in [1.54, 1.807) is 14.2 Å². The van der Waals surface area contributed by atoms with Crippen LogP contribution in [-0.2, 0) is 11.3 Å². The molecule has 1 atom stereocenters. The smallest absolute Gasteiger partial charge is 0.126 e. The minimum absolute atomic E-state index is 0.200. The zero-order valence-electron chi connectivity index (χ0n) is 16.0. The largest absolute Gasteiger partial charge is 0.496 e. The van der Waals surface area contributed by atoms with Crippen LogP contribution in [0.25, 0.3) is 0 Å². The van der Waals surface area contributed by atoms with E-state index < -0.39 is 0 Å². The lowest BCUT2D eigenvalue weighted by molar-refractivity contribution is 0.121. The number of benzene rings is 2. The Morgan fingerprint density at radius 1 is 1.04 bits per heavy atom. The van der Waals surface area contributed by atoms with Crippen molar-refractivity contribution in [3.63, 3.8) is 0 Å². The lowest BCUT2D eigenvalue weighted by Crippen LogP contribution is -2.23. The van der Waals surface area contributed by atoms with Crippen molar-refractivity contribution in [2.75, 3.05) is 27.4 Å². The van der Waals surface area contributed by atoms with Crippen molar-refractivity contribution in [1.82, 2.24) is 5.32 Å². The van der Waals surface area contributed by atoms with Gasteiger partial charge in [-0.05, 0) is 48.9 Å². The fraction of sp³-hybridized carbons (Fsp3) is 0.455. The molecule has 0 bridgehead atoms. The predicted molar refractivity (Wildman–Crippen MR) is 104 cm³/mol. The van der Waals surface area contributed by atoms with Crippen molar-refractivity contribution in [1.29, 1.82) is 0 Å². The maximum Gasteiger partial charge on any atom is 0.126 e. The SMILES string of the molecule is COc1cc([C@@H](C)NCCOCc2ccccc2)cc(OC)c1C1CC1. The summed E-state index contributed by atoms with van der Waals surface area (Å²) in [5.74, 6) is 2.47. The Kier molecular flexibility index (Phi) is 6.53. The van der Waals surface area contributed by atoms with E-state index in [-0.39, 0.29) is 6.04 Å². The molecule has 0 heterocycles. The molecular formula is C22H29NO3. The fourth-order valence-corrected chi connectivity index (χ4v) is 3.21. The van der Waals surface area contributed by atoms with Gasteiger partial charge in [-0.1, -0.05) is 30.3 Å². The summed E-state index contributed by atoms with van der Waals surface area (Å²) in [5, 5.41) is 3.52. The predicted octanol–water partition coefficient (Wildman–Crippen LogP) is 4.45. The molecule has 4 nitrogen and oxygen atoms in total. The third-order valence-corrected chi connectivity index (χ3v) is 4.86. The number of rotatable bonds is 10. The monoisotopic (exact) mass is 355 g/mol. The summed E-state index contributed by atoms with van der Waals surface area (Å²) in [6.45, 7) is 4.27. The van der Waals surface area contributed by atoms with Gasteiger partial charge in [0.15, 0.2) is 0 Å². The number of hydrogen-bond donors (Lipinski definition) is 1. The van der Waals surface area contributed by atoms with Gasteiger partial charge in [-0.25, -0.2) is 0 Å². The molecule has 0 amide bonds. The first-order chi connectivity index (χ1) is 12.7. The molecule has 2 aromatic carbocycles. The zero-order valence-corrected chi connectivity index (χ0v) is 16.0. The van der Waals surface area contributed by atoms with Gasteiger partial charge in [0.25, 0.3) is 0 Å². The normalized spacial score (nSPS) is 14.9. The number of methoxy groups -OCH3 is 2. The summed E-state index contributed by atoms with van der Waals surface area (Å²) in [7, 11) is 3.47. The van der Waals surface area contributed by atoms with Gasteiger partial charge in [0.05, 0.1) is 27.4 Å². The van der Waals surface area contributed by atoms with Crippen LogP contribution in [0, 0.1) is 0 Å². The van der Waals surface area contributed by atoms with E-state index in [2.05, 4.69) is 36.5 Å². The highest BCUT2D eigenvalue weighted by Crippen LogP contribution is 2.49. The molecule has 3 rings (SSSR count).